The summed E-state index contributed by atoms with van der Waals surface area (Å²) in [6, 6.07) is 0.144. The Morgan fingerprint density at radius 1 is 1.09 bits per heavy atom. The van der Waals surface area contributed by atoms with Crippen molar-refractivity contribution in [2.45, 2.75) is 118 Å². The van der Waals surface area contributed by atoms with Crippen molar-refractivity contribution < 1.29 is 9.90 Å². The molecule has 0 unspecified atom stereocenters. The quantitative estimate of drug-likeness (QED) is 0.460. The van der Waals surface area contributed by atoms with Gasteiger partial charge in [0, 0.05) is 6.92 Å². The number of amides is 1. The molecular formula is C29H49NO2. The van der Waals surface area contributed by atoms with Crippen molar-refractivity contribution in [2.24, 2.45) is 46.3 Å². The highest BCUT2D eigenvalue weighted by molar-refractivity contribution is 5.73. The molecular weight excluding hydrogens is 394 g/mol. The maximum absolute atomic E-state index is 12.2. The molecule has 4 aliphatic carbocycles. The summed E-state index contributed by atoms with van der Waals surface area (Å²) in [4.78, 5) is 12.2. The van der Waals surface area contributed by atoms with Gasteiger partial charge in [0.15, 0.2) is 0 Å². The lowest BCUT2D eigenvalue weighted by Crippen LogP contribution is -2.58. The van der Waals surface area contributed by atoms with Gasteiger partial charge in [-0.25, -0.2) is 0 Å². The predicted octanol–water partition coefficient (Wildman–Crippen LogP) is 6.50. The van der Waals surface area contributed by atoms with E-state index in [1.165, 1.54) is 50.5 Å². The minimum absolute atomic E-state index is 0.0921. The van der Waals surface area contributed by atoms with Crippen molar-refractivity contribution in [1.29, 1.82) is 0 Å². The Morgan fingerprint density at radius 3 is 2.53 bits per heavy atom. The van der Waals surface area contributed by atoms with Crippen LogP contribution in [-0.4, -0.2) is 23.2 Å². The van der Waals surface area contributed by atoms with Crippen molar-refractivity contribution in [1.82, 2.24) is 5.32 Å². The van der Waals surface area contributed by atoms with E-state index >= 15 is 0 Å². The summed E-state index contributed by atoms with van der Waals surface area (Å²) in [5, 5.41) is 13.8. The van der Waals surface area contributed by atoms with Gasteiger partial charge in [0.2, 0.25) is 5.91 Å². The zero-order valence-corrected chi connectivity index (χ0v) is 21.6. The van der Waals surface area contributed by atoms with E-state index in [1.54, 1.807) is 6.92 Å². The van der Waals surface area contributed by atoms with Crippen LogP contribution in [-0.2, 0) is 4.79 Å². The van der Waals surface area contributed by atoms with Crippen LogP contribution in [0, 0.1) is 46.3 Å². The fraction of sp³-hybridized carbons (Fsp3) is 0.897. The van der Waals surface area contributed by atoms with Crippen molar-refractivity contribution in [2.75, 3.05) is 0 Å². The molecule has 3 saturated carbocycles. The topological polar surface area (TPSA) is 49.3 Å². The van der Waals surface area contributed by atoms with E-state index in [9.17, 15) is 9.90 Å². The third kappa shape index (κ3) is 4.21. The second-order valence-electron chi connectivity index (χ2n) is 13.1. The molecule has 1 amide bonds. The first-order valence-electron chi connectivity index (χ1n) is 13.7. The fourth-order valence-corrected chi connectivity index (χ4v) is 9.06. The van der Waals surface area contributed by atoms with E-state index < -0.39 is 0 Å². The lowest BCUT2D eigenvalue weighted by molar-refractivity contribution is -0.122. The van der Waals surface area contributed by atoms with Crippen molar-refractivity contribution >= 4 is 5.91 Å². The van der Waals surface area contributed by atoms with E-state index in [0.717, 1.165) is 37.0 Å². The van der Waals surface area contributed by atoms with E-state index in [-0.39, 0.29) is 23.5 Å². The number of aliphatic hydroxyl groups is 1. The third-order valence-electron chi connectivity index (χ3n) is 10.7. The van der Waals surface area contributed by atoms with Crippen molar-refractivity contribution in [3.63, 3.8) is 0 Å². The molecule has 3 fully saturated rings. The van der Waals surface area contributed by atoms with E-state index in [2.05, 4.69) is 46.0 Å². The van der Waals surface area contributed by atoms with Crippen LogP contribution in [0.25, 0.3) is 0 Å². The molecule has 4 aliphatic rings. The van der Waals surface area contributed by atoms with Crippen LogP contribution in [0.4, 0.5) is 0 Å². The molecule has 32 heavy (non-hydrogen) atoms. The maximum Gasteiger partial charge on any atom is 0.217 e. The van der Waals surface area contributed by atoms with E-state index in [0.29, 0.717) is 23.2 Å². The molecule has 0 spiro atoms. The third-order valence-corrected chi connectivity index (χ3v) is 10.7. The Morgan fingerprint density at radius 2 is 1.84 bits per heavy atom. The Kier molecular flexibility index (Phi) is 6.90. The molecule has 0 bridgehead atoms. The van der Waals surface area contributed by atoms with Gasteiger partial charge in [0.25, 0.3) is 0 Å². The molecule has 9 atom stereocenters. The van der Waals surface area contributed by atoms with Gasteiger partial charge in [-0.05, 0) is 91.3 Å². The Balaban J connectivity index is 1.60. The average Bonchev–Trinajstić information content (AvgIpc) is 3.05. The zero-order valence-electron chi connectivity index (χ0n) is 21.6. The summed E-state index contributed by atoms with van der Waals surface area (Å²) in [6.45, 7) is 14.0. The molecule has 3 heteroatoms. The number of nitrogens with one attached hydrogen (secondary N) is 1. The number of fused-ring (bicyclic) bond motifs is 5. The molecule has 3 nitrogen and oxygen atoms in total. The summed E-state index contributed by atoms with van der Waals surface area (Å²) in [7, 11) is 0. The normalized spacial score (nSPS) is 44.3. The first kappa shape index (κ1) is 24.3. The smallest absolute Gasteiger partial charge is 0.217 e. The van der Waals surface area contributed by atoms with Crippen LogP contribution >= 0.6 is 0 Å². The van der Waals surface area contributed by atoms with E-state index in [4.69, 9.17) is 0 Å². The van der Waals surface area contributed by atoms with Crippen molar-refractivity contribution in [3.8, 4) is 0 Å². The highest BCUT2D eigenvalue weighted by atomic mass is 16.3. The minimum atomic E-state index is -0.208. The minimum Gasteiger partial charge on any atom is -0.393 e. The Bertz CT molecular complexity index is 729. The number of aliphatic hydroxyl groups excluding tert-OH is 1. The summed E-state index contributed by atoms with van der Waals surface area (Å²) in [5.74, 6) is 4.42. The zero-order chi connectivity index (χ0) is 23.3. The highest BCUT2D eigenvalue weighted by Gasteiger charge is 2.61. The standard InChI is InChI=1S/C29H49NO2/c1-18(2)8-7-9-19(3)23-10-11-24-27-25(13-15-29(23,24)6)28(5)14-12-22(32)16-21(28)17-26(27)30-20(4)31/h17-19,22-27,32H,7-16H2,1-6H3,(H,30,31)/t19-,22-,23-,24+,25+,26+,27+,28-,29-/m0/s1. The summed E-state index contributed by atoms with van der Waals surface area (Å²) >= 11 is 0. The number of carbonyl (C=O) groups excluding carboxylic acids is 1. The van der Waals surface area contributed by atoms with E-state index in [1.807, 2.05) is 0 Å². The molecule has 0 aliphatic heterocycles. The van der Waals surface area contributed by atoms with Crippen LogP contribution in [0.5, 0.6) is 0 Å². The van der Waals surface area contributed by atoms with Crippen molar-refractivity contribution in [3.05, 3.63) is 11.6 Å². The Labute approximate surface area is 197 Å². The van der Waals surface area contributed by atoms with Gasteiger partial charge >= 0.3 is 0 Å². The maximum atomic E-state index is 12.2. The number of carbonyl (C=O) groups is 1. The first-order chi connectivity index (χ1) is 15.1. The van der Waals surface area contributed by atoms with Gasteiger partial charge in [-0.3, -0.25) is 4.79 Å². The van der Waals surface area contributed by atoms with Crippen LogP contribution in [0.2, 0.25) is 0 Å². The average molecular weight is 444 g/mol. The van der Waals surface area contributed by atoms with Gasteiger partial charge < -0.3 is 10.4 Å². The molecule has 0 saturated heterocycles. The second kappa shape index (κ2) is 9.08. The molecule has 182 valence electrons. The number of rotatable bonds is 6. The molecule has 0 aromatic rings. The van der Waals surface area contributed by atoms with Crippen LogP contribution in [0.15, 0.2) is 11.6 Å². The SMILES string of the molecule is CC(=O)N[C@@H]1C=C2C[C@@H](O)CC[C@]2(C)[C@@H]2CC[C@]3(C)[C@H](CC[C@H]3[C@@H](C)CCCC(C)C)[C@H]21. The largest absolute Gasteiger partial charge is 0.393 e. The fourth-order valence-electron chi connectivity index (χ4n) is 9.06. The Hall–Kier alpha value is -0.830. The van der Waals surface area contributed by atoms with Crippen LogP contribution < -0.4 is 5.32 Å². The lowest BCUT2D eigenvalue weighted by Gasteiger charge is -2.60. The molecule has 2 N–H and O–H groups in total. The summed E-state index contributed by atoms with van der Waals surface area (Å²) < 4.78 is 0. The molecule has 4 rings (SSSR count). The first-order valence-corrected chi connectivity index (χ1v) is 13.7. The number of hydrogen-bond acceptors (Lipinski definition) is 2. The van der Waals surface area contributed by atoms with Gasteiger partial charge in [-0.15, -0.1) is 0 Å². The molecule has 0 aromatic heterocycles. The molecule has 0 aromatic carbocycles. The monoisotopic (exact) mass is 443 g/mol. The number of hydrogen-bond donors (Lipinski definition) is 2. The molecule has 0 radical (unpaired) electrons. The summed E-state index contributed by atoms with van der Waals surface area (Å²) in [5.41, 5.74) is 2.04. The van der Waals surface area contributed by atoms with Gasteiger partial charge in [0.1, 0.15) is 0 Å². The van der Waals surface area contributed by atoms with Gasteiger partial charge in [-0.1, -0.05) is 65.5 Å². The van der Waals surface area contributed by atoms with Crippen LogP contribution in [0.1, 0.15) is 106 Å². The predicted molar refractivity (Wildman–Crippen MR) is 132 cm³/mol. The van der Waals surface area contributed by atoms with Gasteiger partial charge in [0.05, 0.1) is 12.1 Å². The summed E-state index contributed by atoms with van der Waals surface area (Å²) in [6.07, 6.45) is 14.4. The van der Waals surface area contributed by atoms with Gasteiger partial charge in [-0.2, -0.15) is 0 Å². The highest BCUT2D eigenvalue weighted by Crippen LogP contribution is 2.67. The van der Waals surface area contributed by atoms with Crippen LogP contribution in [0.3, 0.4) is 0 Å². The molecule has 0 heterocycles. The second-order valence-corrected chi connectivity index (χ2v) is 13.1. The lowest BCUT2D eigenvalue weighted by atomic mass is 9.46.